The van der Waals surface area contributed by atoms with Crippen molar-refractivity contribution >= 4 is 24.9 Å². The Labute approximate surface area is 258 Å². The molecule has 0 heterocycles. The molecule has 0 aliphatic rings. The van der Waals surface area contributed by atoms with Crippen molar-refractivity contribution in [3.63, 3.8) is 0 Å². The Morgan fingerprint density at radius 1 is 0.707 bits per heavy atom. The number of ether oxygens (including phenoxy) is 1. The number of carbonyl (C=O) groups is 1. The number of hydrogen-bond donors (Lipinski definition) is 1. The molecule has 1 N–H and O–H groups in total. The summed E-state index contributed by atoms with van der Waals surface area (Å²) in [6, 6.07) is 6.20. The molecule has 0 atom stereocenters. The summed E-state index contributed by atoms with van der Waals surface area (Å²) in [5.41, 5.74) is 0.160. The van der Waals surface area contributed by atoms with E-state index in [2.05, 4.69) is 83.5 Å². The van der Waals surface area contributed by atoms with Crippen LogP contribution in [0.2, 0.25) is 0 Å². The maximum absolute atomic E-state index is 11.2. The number of nitrogens with zero attached hydrogens (tertiary/aromatic N) is 3. The molecule has 0 aliphatic carbocycles. The lowest BCUT2D eigenvalue weighted by Crippen LogP contribution is -2.56. The highest BCUT2D eigenvalue weighted by molar-refractivity contribution is 6.24. The predicted molar refractivity (Wildman–Crippen MR) is 168 cm³/mol. The largest absolute Gasteiger partial charge is 0.907 e. The Balaban J connectivity index is -0.000000219. The third-order valence-electron chi connectivity index (χ3n) is 8.31. The average Bonchev–Trinajstić information content (AvgIpc) is 2.99. The maximum atomic E-state index is 11.2. The van der Waals surface area contributed by atoms with Gasteiger partial charge in [-0.15, -0.1) is 11.6 Å². The summed E-state index contributed by atoms with van der Waals surface area (Å²) in [7, 11) is 3.96. The van der Waals surface area contributed by atoms with E-state index in [4.69, 9.17) is 31.4 Å². The van der Waals surface area contributed by atoms with Gasteiger partial charge in [-0.3, -0.25) is 7.32 Å². The number of phenolic OH excluding ortho intramolecular Hbond substituents is 1. The lowest BCUT2D eigenvalue weighted by atomic mass is 10.2. The van der Waals surface area contributed by atoms with Crippen molar-refractivity contribution in [1.29, 1.82) is 0 Å². The molecule has 0 spiro atoms. The Kier molecular flexibility index (Phi) is 31.2. The first-order valence-electron chi connectivity index (χ1n) is 15.0. The molecule has 9 nitrogen and oxygen atoms in total. The fourth-order valence-corrected chi connectivity index (χ4v) is 2.94. The SMILES string of the molecule is CC[N+](C)(CC)CC.CC[N+](C)(CC)CC.CC[N+](C)(CC)CC.O=C(OCCCl)c1ccccc1O.[O-]B([O-])[O-]. The zero-order valence-electron chi connectivity index (χ0n) is 28.4. The van der Waals surface area contributed by atoms with Gasteiger partial charge in [-0.25, -0.2) is 4.79 Å². The smallest absolute Gasteiger partial charge is 0.341 e. The Morgan fingerprint density at radius 2 is 0.976 bits per heavy atom. The summed E-state index contributed by atoms with van der Waals surface area (Å²) in [5.74, 6) is -0.389. The second kappa shape index (κ2) is 27.4. The van der Waals surface area contributed by atoms with Gasteiger partial charge in [0.15, 0.2) is 0 Å². The minimum Gasteiger partial charge on any atom is -0.907 e. The van der Waals surface area contributed by atoms with Gasteiger partial charge in [0, 0.05) is 0 Å². The lowest BCUT2D eigenvalue weighted by Gasteiger charge is -2.35. The van der Waals surface area contributed by atoms with Gasteiger partial charge in [0.1, 0.15) is 17.9 Å². The number of para-hydroxylation sites is 1. The van der Waals surface area contributed by atoms with Crippen LogP contribution in [0.4, 0.5) is 0 Å². The third kappa shape index (κ3) is 26.0. The van der Waals surface area contributed by atoms with Crippen LogP contribution in [0.15, 0.2) is 24.3 Å². The van der Waals surface area contributed by atoms with Crippen LogP contribution in [0, 0.1) is 0 Å². The number of alkyl halides is 1. The molecule has 1 aromatic rings. The van der Waals surface area contributed by atoms with E-state index >= 15 is 0 Å². The minimum absolute atomic E-state index is 0.0814. The Hall–Kier alpha value is -1.40. The zero-order chi connectivity index (χ0) is 33.1. The number of hydrogen-bond acceptors (Lipinski definition) is 6. The first-order valence-corrected chi connectivity index (χ1v) is 15.6. The summed E-state index contributed by atoms with van der Waals surface area (Å²) >= 11 is 5.33. The number of quaternary nitrogens is 3. The van der Waals surface area contributed by atoms with E-state index in [0.29, 0.717) is 0 Å². The second-order valence-corrected chi connectivity index (χ2v) is 10.7. The van der Waals surface area contributed by atoms with E-state index in [0.717, 1.165) is 0 Å². The van der Waals surface area contributed by atoms with E-state index < -0.39 is 13.3 Å². The molecule has 0 radical (unpaired) electrons. The van der Waals surface area contributed by atoms with E-state index in [-0.39, 0.29) is 23.8 Å². The van der Waals surface area contributed by atoms with Crippen molar-refractivity contribution < 1.29 is 43.2 Å². The lowest BCUT2D eigenvalue weighted by molar-refractivity contribution is -0.904. The number of carbonyl (C=O) groups excluding carboxylic acids is 1. The van der Waals surface area contributed by atoms with Gasteiger partial charge in [0.25, 0.3) is 0 Å². The molecule has 0 saturated carbocycles. The molecule has 0 saturated heterocycles. The molecule has 0 unspecified atom stereocenters. The summed E-state index contributed by atoms with van der Waals surface area (Å²) in [6.07, 6.45) is 0. The molecular formula is C30H63BClN3O6. The highest BCUT2D eigenvalue weighted by atomic mass is 35.5. The minimum atomic E-state index is -2.92. The fraction of sp³-hybridized carbons (Fsp3) is 0.767. The number of esters is 1. The molecule has 244 valence electrons. The van der Waals surface area contributed by atoms with Crippen molar-refractivity contribution in [1.82, 2.24) is 0 Å². The number of rotatable bonds is 12. The van der Waals surface area contributed by atoms with Crippen LogP contribution in [-0.4, -0.2) is 124 Å². The fourth-order valence-electron chi connectivity index (χ4n) is 2.87. The van der Waals surface area contributed by atoms with Crippen molar-refractivity contribution in [2.45, 2.75) is 62.3 Å². The highest BCUT2D eigenvalue weighted by Gasteiger charge is 2.12. The number of benzene rings is 1. The molecule has 0 fully saturated rings. The second-order valence-electron chi connectivity index (χ2n) is 10.3. The average molecular weight is 608 g/mol. The van der Waals surface area contributed by atoms with Gasteiger partial charge in [-0.05, 0) is 74.4 Å². The predicted octanol–water partition coefficient (Wildman–Crippen LogP) is 2.32. The van der Waals surface area contributed by atoms with Gasteiger partial charge in [0.05, 0.1) is 85.9 Å². The standard InChI is InChI=1S/C9H9ClO3.3C7H18N.BO3/c10-5-6-13-9(12)7-3-1-2-4-8(7)11;3*1-5-8(4,6-2)7-3;2-1(3)4/h1-4,11H,5-6H2;3*5-7H2,1-4H3;/q;3*+1;-3. The van der Waals surface area contributed by atoms with E-state index in [1.165, 1.54) is 84.5 Å². The monoisotopic (exact) mass is 607 g/mol. The van der Waals surface area contributed by atoms with Gasteiger partial charge in [-0.2, -0.15) is 0 Å². The molecule has 0 aliphatic heterocycles. The van der Waals surface area contributed by atoms with E-state index in [1.807, 2.05) is 0 Å². The van der Waals surface area contributed by atoms with Crippen LogP contribution in [0.3, 0.4) is 0 Å². The van der Waals surface area contributed by atoms with Gasteiger partial charge in [-0.1, -0.05) is 12.1 Å². The van der Waals surface area contributed by atoms with Crippen LogP contribution in [-0.2, 0) is 4.74 Å². The first kappa shape index (κ1) is 46.6. The summed E-state index contributed by atoms with van der Waals surface area (Å²) in [6.45, 7) is 31.6. The molecule has 0 bridgehead atoms. The first-order chi connectivity index (χ1) is 19.0. The van der Waals surface area contributed by atoms with Crippen molar-refractivity contribution in [3.8, 4) is 5.75 Å². The van der Waals surface area contributed by atoms with Crippen molar-refractivity contribution in [2.24, 2.45) is 0 Å². The van der Waals surface area contributed by atoms with E-state index in [9.17, 15) is 9.90 Å². The topological polar surface area (TPSA) is 116 Å². The number of halogens is 1. The molecule has 0 aromatic heterocycles. The number of aromatic hydroxyl groups is 1. The maximum Gasteiger partial charge on any atom is 0.341 e. The quantitative estimate of drug-likeness (QED) is 0.169. The van der Waals surface area contributed by atoms with Gasteiger partial charge >= 0.3 is 5.97 Å². The summed E-state index contributed by atoms with van der Waals surface area (Å²) in [5, 5.41) is 34.5. The van der Waals surface area contributed by atoms with E-state index in [1.54, 1.807) is 12.1 Å². The summed E-state index contributed by atoms with van der Waals surface area (Å²) < 4.78 is 8.35. The molecule has 11 heteroatoms. The Morgan fingerprint density at radius 3 is 1.17 bits per heavy atom. The van der Waals surface area contributed by atoms with Crippen LogP contribution in [0.1, 0.15) is 72.7 Å². The van der Waals surface area contributed by atoms with Crippen LogP contribution < -0.4 is 15.1 Å². The molecule has 1 aromatic carbocycles. The van der Waals surface area contributed by atoms with Crippen LogP contribution in [0.5, 0.6) is 5.75 Å². The molecule has 0 amide bonds. The van der Waals surface area contributed by atoms with Crippen molar-refractivity contribution in [3.05, 3.63) is 29.8 Å². The van der Waals surface area contributed by atoms with Gasteiger partial charge in [0.2, 0.25) is 0 Å². The van der Waals surface area contributed by atoms with Gasteiger partial charge < -0.3 is 38.4 Å². The summed E-state index contributed by atoms with van der Waals surface area (Å²) in [4.78, 5) is 11.2. The van der Waals surface area contributed by atoms with Crippen LogP contribution >= 0.6 is 11.6 Å². The number of phenols is 1. The zero-order valence-corrected chi connectivity index (χ0v) is 29.1. The molecular weight excluding hydrogens is 545 g/mol. The Bertz CT molecular complexity index is 662. The molecule has 41 heavy (non-hydrogen) atoms. The highest BCUT2D eigenvalue weighted by Crippen LogP contribution is 2.16. The normalized spacial score (nSPS) is 10.7. The van der Waals surface area contributed by atoms with Crippen molar-refractivity contribution in [2.75, 3.05) is 92.5 Å². The third-order valence-corrected chi connectivity index (χ3v) is 8.46. The molecule has 1 rings (SSSR count). The van der Waals surface area contributed by atoms with Crippen LogP contribution in [0.25, 0.3) is 0 Å².